The fourth-order valence-electron chi connectivity index (χ4n) is 2.51. The molecule has 2 aromatic carbocycles. The molecule has 0 fully saturated rings. The van der Waals surface area contributed by atoms with Crippen LogP contribution in [-0.2, 0) is 10.0 Å². The minimum absolute atomic E-state index is 0.00367. The zero-order chi connectivity index (χ0) is 19.8. The van der Waals surface area contributed by atoms with E-state index in [1.807, 2.05) is 12.1 Å². The number of nitrogens with zero attached hydrogens (tertiary/aromatic N) is 3. The monoisotopic (exact) mass is 404 g/mol. The summed E-state index contributed by atoms with van der Waals surface area (Å²) in [6.07, 6.45) is 0. The summed E-state index contributed by atoms with van der Waals surface area (Å²) in [5, 5.41) is 10.1. The Kier molecular flexibility index (Phi) is 5.05. The fraction of sp³-hybridized carbons (Fsp3) is 0.111. The molecule has 0 saturated carbocycles. The normalized spacial score (nSPS) is 11.4. The van der Waals surface area contributed by atoms with Gasteiger partial charge in [0.2, 0.25) is 10.0 Å². The summed E-state index contributed by atoms with van der Waals surface area (Å²) in [7, 11) is -0.507. The quantitative estimate of drug-likeness (QED) is 0.722. The molecule has 0 atom stereocenters. The fourth-order valence-corrected chi connectivity index (χ4v) is 3.16. The van der Waals surface area contributed by atoms with E-state index < -0.39 is 10.0 Å². The van der Waals surface area contributed by atoms with Crippen molar-refractivity contribution >= 4 is 27.5 Å². The highest BCUT2D eigenvalue weighted by Crippen LogP contribution is 2.26. The van der Waals surface area contributed by atoms with Crippen molar-refractivity contribution in [3.8, 4) is 16.9 Å². The Balaban J connectivity index is 2.15. The van der Waals surface area contributed by atoms with Gasteiger partial charge >= 0.3 is 0 Å². The maximum Gasteiger partial charge on any atom is 0.273 e. The lowest BCUT2D eigenvalue weighted by Crippen LogP contribution is -2.22. The summed E-state index contributed by atoms with van der Waals surface area (Å²) in [6.45, 7) is 0. The number of sulfonamides is 1. The molecule has 0 aliphatic heterocycles. The second kappa shape index (κ2) is 7.15. The van der Waals surface area contributed by atoms with E-state index in [-0.39, 0.29) is 16.5 Å². The van der Waals surface area contributed by atoms with Crippen molar-refractivity contribution in [3.63, 3.8) is 0 Å². The van der Waals surface area contributed by atoms with Gasteiger partial charge in [0.05, 0.1) is 16.3 Å². The number of hydrogen-bond acceptors (Lipinski definition) is 4. The van der Waals surface area contributed by atoms with E-state index in [9.17, 15) is 13.2 Å². The Labute approximate surface area is 162 Å². The number of carbonyl (C=O) groups excluding carboxylic acids is 1. The average Bonchev–Trinajstić information content (AvgIpc) is 3.06. The van der Waals surface area contributed by atoms with E-state index in [1.165, 1.54) is 17.0 Å². The third kappa shape index (κ3) is 4.02. The first kappa shape index (κ1) is 19.1. The number of hydrogen-bond donors (Lipinski definition) is 1. The molecule has 7 nitrogen and oxygen atoms in total. The molecule has 140 valence electrons. The van der Waals surface area contributed by atoms with Crippen molar-refractivity contribution in [1.29, 1.82) is 0 Å². The molecule has 1 aromatic heterocycles. The Hall–Kier alpha value is -2.68. The predicted molar refractivity (Wildman–Crippen MR) is 103 cm³/mol. The van der Waals surface area contributed by atoms with Gasteiger partial charge in [0.25, 0.3) is 5.91 Å². The molecule has 27 heavy (non-hydrogen) atoms. The maximum atomic E-state index is 12.3. The minimum Gasteiger partial charge on any atom is -0.343 e. The lowest BCUT2D eigenvalue weighted by Gasteiger charge is -2.09. The molecule has 0 aliphatic carbocycles. The van der Waals surface area contributed by atoms with Crippen molar-refractivity contribution in [2.45, 2.75) is 4.90 Å². The van der Waals surface area contributed by atoms with E-state index in [4.69, 9.17) is 16.7 Å². The van der Waals surface area contributed by atoms with Gasteiger partial charge in [0, 0.05) is 24.7 Å². The molecule has 0 radical (unpaired) electrons. The molecule has 3 rings (SSSR count). The number of halogens is 1. The molecule has 1 heterocycles. The number of primary sulfonamides is 1. The minimum atomic E-state index is -3.79. The van der Waals surface area contributed by atoms with Gasteiger partial charge in [-0.15, -0.1) is 0 Å². The SMILES string of the molecule is CN(C)C(=O)c1cc(-c2ccc(Cl)cc2)n(-c2ccc(S(N)(=O)=O)cc2)n1. The van der Waals surface area contributed by atoms with Gasteiger partial charge in [-0.1, -0.05) is 23.7 Å². The zero-order valence-electron chi connectivity index (χ0n) is 14.6. The Morgan fingerprint density at radius 1 is 1.07 bits per heavy atom. The zero-order valence-corrected chi connectivity index (χ0v) is 16.2. The van der Waals surface area contributed by atoms with E-state index in [0.29, 0.717) is 16.4 Å². The van der Waals surface area contributed by atoms with Crippen LogP contribution in [-0.4, -0.2) is 43.1 Å². The first-order valence-corrected chi connectivity index (χ1v) is 9.80. The number of carbonyl (C=O) groups is 1. The van der Waals surface area contributed by atoms with E-state index in [0.717, 1.165) is 5.56 Å². The highest BCUT2D eigenvalue weighted by Gasteiger charge is 2.18. The second-order valence-electron chi connectivity index (χ2n) is 6.07. The van der Waals surface area contributed by atoms with Crippen LogP contribution in [0.2, 0.25) is 5.02 Å². The first-order valence-electron chi connectivity index (χ1n) is 7.88. The number of benzene rings is 2. The summed E-state index contributed by atoms with van der Waals surface area (Å²) in [4.78, 5) is 13.8. The van der Waals surface area contributed by atoms with E-state index in [1.54, 1.807) is 49.1 Å². The number of rotatable bonds is 4. The van der Waals surface area contributed by atoms with Crippen LogP contribution in [0.1, 0.15) is 10.5 Å². The van der Waals surface area contributed by atoms with E-state index in [2.05, 4.69) is 5.10 Å². The lowest BCUT2D eigenvalue weighted by atomic mass is 10.1. The Morgan fingerprint density at radius 2 is 1.67 bits per heavy atom. The second-order valence-corrected chi connectivity index (χ2v) is 8.07. The van der Waals surface area contributed by atoms with Crippen molar-refractivity contribution in [1.82, 2.24) is 14.7 Å². The summed E-state index contributed by atoms with van der Waals surface area (Å²) < 4.78 is 24.5. The van der Waals surface area contributed by atoms with Gasteiger partial charge in [-0.3, -0.25) is 4.79 Å². The lowest BCUT2D eigenvalue weighted by molar-refractivity contribution is 0.0821. The van der Waals surface area contributed by atoms with Crippen molar-refractivity contribution in [3.05, 3.63) is 65.3 Å². The van der Waals surface area contributed by atoms with Crippen molar-refractivity contribution in [2.24, 2.45) is 5.14 Å². The van der Waals surface area contributed by atoms with Gasteiger partial charge in [-0.05, 0) is 42.5 Å². The molecule has 0 bridgehead atoms. The predicted octanol–water partition coefficient (Wildman–Crippen LogP) is 2.54. The highest BCUT2D eigenvalue weighted by atomic mass is 35.5. The molecule has 0 saturated heterocycles. The van der Waals surface area contributed by atoms with Crippen LogP contribution in [0, 0.1) is 0 Å². The third-order valence-electron chi connectivity index (χ3n) is 3.88. The third-order valence-corrected chi connectivity index (χ3v) is 5.07. The standard InChI is InChI=1S/C18H17ClN4O3S/c1-22(2)18(24)16-11-17(12-3-5-13(19)6-4-12)23(21-16)14-7-9-15(10-8-14)27(20,25)26/h3-11H,1-2H3,(H2,20,25,26). The van der Waals surface area contributed by atoms with Crippen LogP contribution in [0.4, 0.5) is 0 Å². The van der Waals surface area contributed by atoms with Gasteiger partial charge in [0.1, 0.15) is 0 Å². The number of aromatic nitrogens is 2. The summed E-state index contributed by atoms with van der Waals surface area (Å²) in [6, 6.07) is 14.7. The molecule has 9 heteroatoms. The largest absolute Gasteiger partial charge is 0.343 e. The van der Waals surface area contributed by atoms with Crippen LogP contribution in [0.25, 0.3) is 16.9 Å². The molecule has 2 N–H and O–H groups in total. The summed E-state index contributed by atoms with van der Waals surface area (Å²) >= 11 is 5.96. The highest BCUT2D eigenvalue weighted by molar-refractivity contribution is 7.89. The smallest absolute Gasteiger partial charge is 0.273 e. The van der Waals surface area contributed by atoms with Gasteiger partial charge in [0.15, 0.2) is 5.69 Å². The molecular weight excluding hydrogens is 388 g/mol. The molecule has 1 amide bonds. The van der Waals surface area contributed by atoms with E-state index >= 15 is 0 Å². The van der Waals surface area contributed by atoms with Crippen molar-refractivity contribution in [2.75, 3.05) is 14.1 Å². The van der Waals surface area contributed by atoms with Crippen LogP contribution in [0.3, 0.4) is 0 Å². The average molecular weight is 405 g/mol. The van der Waals surface area contributed by atoms with Crippen LogP contribution in [0.5, 0.6) is 0 Å². The van der Waals surface area contributed by atoms with Gasteiger partial charge in [-0.2, -0.15) is 5.10 Å². The molecule has 3 aromatic rings. The Morgan fingerprint density at radius 3 is 2.19 bits per heavy atom. The number of amides is 1. The van der Waals surface area contributed by atoms with Crippen LogP contribution in [0.15, 0.2) is 59.5 Å². The van der Waals surface area contributed by atoms with Crippen LogP contribution < -0.4 is 5.14 Å². The molecule has 0 unspecified atom stereocenters. The number of nitrogens with two attached hydrogens (primary N) is 1. The summed E-state index contributed by atoms with van der Waals surface area (Å²) in [5.41, 5.74) is 2.33. The molecule has 0 aliphatic rings. The topological polar surface area (TPSA) is 98.3 Å². The first-order chi connectivity index (χ1) is 12.7. The van der Waals surface area contributed by atoms with Gasteiger partial charge in [-0.25, -0.2) is 18.2 Å². The Bertz CT molecular complexity index is 1090. The maximum absolute atomic E-state index is 12.3. The summed E-state index contributed by atoms with van der Waals surface area (Å²) in [5.74, 6) is -0.245. The molecule has 0 spiro atoms. The van der Waals surface area contributed by atoms with Gasteiger partial charge < -0.3 is 4.90 Å². The van der Waals surface area contributed by atoms with Crippen LogP contribution >= 0.6 is 11.6 Å². The van der Waals surface area contributed by atoms with Crippen molar-refractivity contribution < 1.29 is 13.2 Å². The molecular formula is C18H17ClN4O3S.